The van der Waals surface area contributed by atoms with E-state index in [1.807, 2.05) is 24.1 Å². The molecule has 0 fully saturated rings. The van der Waals surface area contributed by atoms with Crippen LogP contribution >= 0.6 is 11.9 Å². The number of anilines is 1. The van der Waals surface area contributed by atoms with Gasteiger partial charge in [0.05, 0.1) is 13.2 Å². The molecule has 1 aliphatic rings. The molecule has 0 aliphatic carbocycles. The van der Waals surface area contributed by atoms with Crippen LogP contribution in [0.2, 0.25) is 0 Å². The van der Waals surface area contributed by atoms with Crippen molar-refractivity contribution >= 4 is 17.6 Å². The molecule has 80 valence electrons. The van der Waals surface area contributed by atoms with Crippen molar-refractivity contribution < 1.29 is 4.74 Å². The zero-order chi connectivity index (χ0) is 10.7. The molecule has 3 heteroatoms. The Morgan fingerprint density at radius 1 is 1.33 bits per heavy atom. The maximum Gasteiger partial charge on any atom is 0.119 e. The van der Waals surface area contributed by atoms with Crippen molar-refractivity contribution in [2.24, 2.45) is 0 Å². The smallest absolute Gasteiger partial charge is 0.119 e. The Balaban J connectivity index is 2.18. The largest absolute Gasteiger partial charge is 0.497 e. The summed E-state index contributed by atoms with van der Waals surface area (Å²) in [5.74, 6) is 1.96. The third-order valence-electron chi connectivity index (χ3n) is 2.42. The summed E-state index contributed by atoms with van der Waals surface area (Å²) in [6.07, 6.45) is 4.45. The predicted molar refractivity (Wildman–Crippen MR) is 66.5 cm³/mol. The van der Waals surface area contributed by atoms with Crippen molar-refractivity contribution in [2.45, 2.75) is 13.0 Å². The Labute approximate surface area is 95.1 Å². The lowest BCUT2D eigenvalue weighted by Crippen LogP contribution is -2.27. The lowest BCUT2D eigenvalue weighted by atomic mass is 10.2. The van der Waals surface area contributed by atoms with E-state index < -0.39 is 0 Å². The van der Waals surface area contributed by atoms with E-state index in [9.17, 15) is 0 Å². The number of benzene rings is 1. The van der Waals surface area contributed by atoms with Crippen LogP contribution in [0.15, 0.2) is 36.4 Å². The van der Waals surface area contributed by atoms with Crippen molar-refractivity contribution in [3.8, 4) is 5.75 Å². The fourth-order valence-electron chi connectivity index (χ4n) is 1.61. The molecule has 2 nitrogen and oxygen atoms in total. The maximum absolute atomic E-state index is 5.14. The van der Waals surface area contributed by atoms with E-state index in [1.165, 1.54) is 5.69 Å². The van der Waals surface area contributed by atoms with Gasteiger partial charge < -0.3 is 9.04 Å². The molecule has 1 atom stereocenters. The van der Waals surface area contributed by atoms with E-state index in [4.69, 9.17) is 4.74 Å². The molecule has 0 aromatic heterocycles. The SMILES string of the molecule is COc1ccc(N2SCC=CC2C)cc1. The molecule has 0 bridgehead atoms. The third-order valence-corrected chi connectivity index (χ3v) is 3.58. The van der Waals surface area contributed by atoms with Gasteiger partial charge in [0.25, 0.3) is 0 Å². The summed E-state index contributed by atoms with van der Waals surface area (Å²) < 4.78 is 7.46. The quantitative estimate of drug-likeness (QED) is 0.562. The molecule has 0 saturated heterocycles. The minimum Gasteiger partial charge on any atom is -0.497 e. The van der Waals surface area contributed by atoms with Crippen LogP contribution in [0, 0.1) is 0 Å². The van der Waals surface area contributed by atoms with Crippen LogP contribution in [-0.4, -0.2) is 18.9 Å². The second-order valence-corrected chi connectivity index (χ2v) is 4.47. The molecule has 15 heavy (non-hydrogen) atoms. The van der Waals surface area contributed by atoms with Crippen LogP contribution in [0.1, 0.15) is 6.92 Å². The number of methoxy groups -OCH3 is 1. The van der Waals surface area contributed by atoms with Crippen LogP contribution < -0.4 is 9.04 Å². The van der Waals surface area contributed by atoms with E-state index in [0.29, 0.717) is 6.04 Å². The number of hydrogen-bond acceptors (Lipinski definition) is 3. The van der Waals surface area contributed by atoms with Crippen molar-refractivity contribution in [3.05, 3.63) is 36.4 Å². The molecular formula is C12H15NOS. The monoisotopic (exact) mass is 221 g/mol. The highest BCUT2D eigenvalue weighted by molar-refractivity contribution is 8.00. The summed E-state index contributed by atoms with van der Waals surface area (Å²) in [5.41, 5.74) is 1.23. The van der Waals surface area contributed by atoms with Gasteiger partial charge in [0.15, 0.2) is 0 Å². The van der Waals surface area contributed by atoms with Gasteiger partial charge in [0.1, 0.15) is 5.75 Å². The zero-order valence-corrected chi connectivity index (χ0v) is 9.83. The normalized spacial score (nSPS) is 20.4. The first-order valence-electron chi connectivity index (χ1n) is 5.04. The molecule has 0 N–H and O–H groups in total. The molecule has 2 rings (SSSR count). The lowest BCUT2D eigenvalue weighted by Gasteiger charge is -2.30. The average Bonchev–Trinajstić information content (AvgIpc) is 2.30. The summed E-state index contributed by atoms with van der Waals surface area (Å²) in [5, 5.41) is 0. The Kier molecular flexibility index (Phi) is 3.21. The van der Waals surface area contributed by atoms with Gasteiger partial charge in [-0.25, -0.2) is 0 Å². The zero-order valence-electron chi connectivity index (χ0n) is 9.01. The molecule has 0 spiro atoms. The molecule has 1 aromatic carbocycles. The van der Waals surface area contributed by atoms with E-state index in [2.05, 4.69) is 35.5 Å². The van der Waals surface area contributed by atoms with E-state index >= 15 is 0 Å². The summed E-state index contributed by atoms with van der Waals surface area (Å²) in [6, 6.07) is 8.65. The number of nitrogens with zero attached hydrogens (tertiary/aromatic N) is 1. The van der Waals surface area contributed by atoms with Gasteiger partial charge in [-0.15, -0.1) is 0 Å². The maximum atomic E-state index is 5.14. The number of ether oxygens (including phenoxy) is 1. The Bertz CT molecular complexity index is 347. The van der Waals surface area contributed by atoms with Crippen molar-refractivity contribution in [3.63, 3.8) is 0 Å². The standard InChI is InChI=1S/C12H15NOS/c1-10-4-3-9-15-13(10)11-5-7-12(14-2)8-6-11/h3-8,10H,9H2,1-2H3. The minimum atomic E-state index is 0.456. The van der Waals surface area contributed by atoms with E-state index in [-0.39, 0.29) is 0 Å². The first kappa shape index (κ1) is 10.4. The topological polar surface area (TPSA) is 12.5 Å². The molecule has 0 saturated carbocycles. The fraction of sp³-hybridized carbons (Fsp3) is 0.333. The van der Waals surface area contributed by atoms with Crippen LogP contribution in [0.4, 0.5) is 5.69 Å². The Morgan fingerprint density at radius 3 is 2.67 bits per heavy atom. The molecule has 1 unspecified atom stereocenters. The molecule has 1 aromatic rings. The van der Waals surface area contributed by atoms with Crippen molar-refractivity contribution in [1.82, 2.24) is 0 Å². The highest BCUT2D eigenvalue weighted by Gasteiger charge is 2.15. The molecule has 0 radical (unpaired) electrons. The van der Waals surface area contributed by atoms with Gasteiger partial charge in [-0.3, -0.25) is 0 Å². The second-order valence-electron chi connectivity index (χ2n) is 3.49. The second kappa shape index (κ2) is 4.62. The minimum absolute atomic E-state index is 0.456. The third kappa shape index (κ3) is 2.29. The Hall–Kier alpha value is -1.09. The lowest BCUT2D eigenvalue weighted by molar-refractivity contribution is 0.415. The first-order chi connectivity index (χ1) is 7.31. The highest BCUT2D eigenvalue weighted by Crippen LogP contribution is 2.29. The summed E-state index contributed by atoms with van der Waals surface area (Å²) in [6.45, 7) is 2.20. The van der Waals surface area contributed by atoms with Crippen LogP contribution in [0.5, 0.6) is 5.75 Å². The van der Waals surface area contributed by atoms with Crippen molar-refractivity contribution in [2.75, 3.05) is 17.2 Å². The number of hydrogen-bond donors (Lipinski definition) is 0. The predicted octanol–water partition coefficient (Wildman–Crippen LogP) is 3.11. The van der Waals surface area contributed by atoms with Crippen LogP contribution in [0.25, 0.3) is 0 Å². The molecular weight excluding hydrogens is 206 g/mol. The van der Waals surface area contributed by atoms with Gasteiger partial charge in [0, 0.05) is 11.4 Å². The van der Waals surface area contributed by atoms with E-state index in [0.717, 1.165) is 11.5 Å². The highest BCUT2D eigenvalue weighted by atomic mass is 32.2. The van der Waals surface area contributed by atoms with Gasteiger partial charge in [0.2, 0.25) is 0 Å². The molecule has 1 heterocycles. The molecule has 1 aliphatic heterocycles. The first-order valence-corrected chi connectivity index (χ1v) is 5.98. The van der Waals surface area contributed by atoms with Gasteiger partial charge in [-0.05, 0) is 43.1 Å². The van der Waals surface area contributed by atoms with E-state index in [1.54, 1.807) is 7.11 Å². The van der Waals surface area contributed by atoms with Crippen LogP contribution in [0.3, 0.4) is 0 Å². The van der Waals surface area contributed by atoms with Gasteiger partial charge in [-0.1, -0.05) is 12.2 Å². The van der Waals surface area contributed by atoms with Gasteiger partial charge in [-0.2, -0.15) is 0 Å². The number of rotatable bonds is 2. The summed E-state index contributed by atoms with van der Waals surface area (Å²) in [4.78, 5) is 0. The van der Waals surface area contributed by atoms with Crippen molar-refractivity contribution in [1.29, 1.82) is 0 Å². The van der Waals surface area contributed by atoms with Crippen LogP contribution in [-0.2, 0) is 0 Å². The summed E-state index contributed by atoms with van der Waals surface area (Å²) in [7, 11) is 1.69. The average molecular weight is 221 g/mol. The fourth-order valence-corrected chi connectivity index (χ4v) is 2.54. The molecule has 0 amide bonds. The Morgan fingerprint density at radius 2 is 2.07 bits per heavy atom. The summed E-state index contributed by atoms with van der Waals surface area (Å²) >= 11 is 1.84. The van der Waals surface area contributed by atoms with Gasteiger partial charge >= 0.3 is 0 Å².